The van der Waals surface area contributed by atoms with Gasteiger partial charge in [0.2, 0.25) is 11.7 Å². The zero-order chi connectivity index (χ0) is 18.6. The van der Waals surface area contributed by atoms with Gasteiger partial charge in [-0.05, 0) is 37.1 Å². The van der Waals surface area contributed by atoms with Crippen molar-refractivity contribution in [3.63, 3.8) is 0 Å². The first kappa shape index (κ1) is 17.7. The largest absolute Gasteiger partial charge is 0.497 e. The quantitative estimate of drug-likeness (QED) is 0.608. The van der Waals surface area contributed by atoms with E-state index in [0.717, 1.165) is 37.4 Å². The molecule has 0 radical (unpaired) electrons. The number of benzene rings is 1. The van der Waals surface area contributed by atoms with Gasteiger partial charge in [-0.3, -0.25) is 9.36 Å². The molecule has 1 aliphatic rings. The number of aromatic nitrogens is 3. The number of rotatable bonds is 6. The van der Waals surface area contributed by atoms with Crippen molar-refractivity contribution in [2.45, 2.75) is 18.0 Å². The lowest BCUT2D eigenvalue weighted by atomic mass is 10.3. The highest BCUT2D eigenvalue weighted by Crippen LogP contribution is 2.30. The summed E-state index contributed by atoms with van der Waals surface area (Å²) in [6.07, 6.45) is 3.77. The Morgan fingerprint density at radius 3 is 2.81 bits per heavy atom. The Hall–Kier alpha value is -2.74. The molecule has 0 aliphatic carbocycles. The molecule has 0 spiro atoms. The van der Waals surface area contributed by atoms with Gasteiger partial charge in [-0.1, -0.05) is 17.8 Å². The standard InChI is InChI=1S/C19H20N4O3S/c1-25-15-7-4-6-14(12-15)23-18(16-8-5-11-26-16)20-21-19(23)27-13-17(24)22-9-2-3-10-22/h4-8,11-12H,2-3,9-10,13H2,1H3. The molecule has 140 valence electrons. The third kappa shape index (κ3) is 3.71. The maximum absolute atomic E-state index is 12.4. The Morgan fingerprint density at radius 2 is 2.07 bits per heavy atom. The van der Waals surface area contributed by atoms with Crippen LogP contribution in [-0.4, -0.2) is 51.5 Å². The van der Waals surface area contributed by atoms with Crippen LogP contribution >= 0.6 is 11.8 Å². The van der Waals surface area contributed by atoms with E-state index in [9.17, 15) is 4.79 Å². The second-order valence-electron chi connectivity index (χ2n) is 6.20. The number of nitrogens with zero attached hydrogens (tertiary/aromatic N) is 4. The van der Waals surface area contributed by atoms with Gasteiger partial charge in [0.25, 0.3) is 0 Å². The van der Waals surface area contributed by atoms with Gasteiger partial charge in [0.1, 0.15) is 5.75 Å². The molecule has 0 saturated carbocycles. The van der Waals surface area contributed by atoms with Gasteiger partial charge in [0.05, 0.1) is 24.8 Å². The predicted molar refractivity (Wildman–Crippen MR) is 102 cm³/mol. The molecule has 0 atom stereocenters. The van der Waals surface area contributed by atoms with E-state index in [1.165, 1.54) is 11.8 Å². The zero-order valence-corrected chi connectivity index (χ0v) is 15.8. The number of ether oxygens (including phenoxy) is 1. The number of methoxy groups -OCH3 is 1. The van der Waals surface area contributed by atoms with Crippen LogP contribution < -0.4 is 4.74 Å². The second-order valence-corrected chi connectivity index (χ2v) is 7.14. The number of furan rings is 1. The van der Waals surface area contributed by atoms with Gasteiger partial charge in [-0.25, -0.2) is 0 Å². The average Bonchev–Trinajstić information content (AvgIpc) is 3.47. The molecule has 2 aromatic heterocycles. The van der Waals surface area contributed by atoms with Crippen molar-refractivity contribution >= 4 is 17.7 Å². The van der Waals surface area contributed by atoms with Crippen LogP contribution in [0.2, 0.25) is 0 Å². The van der Waals surface area contributed by atoms with Crippen molar-refractivity contribution in [1.29, 1.82) is 0 Å². The normalized spacial score (nSPS) is 13.9. The number of thioether (sulfide) groups is 1. The third-order valence-electron chi connectivity index (χ3n) is 4.47. The Labute approximate surface area is 161 Å². The maximum atomic E-state index is 12.4. The minimum Gasteiger partial charge on any atom is -0.497 e. The van der Waals surface area contributed by atoms with E-state index >= 15 is 0 Å². The lowest BCUT2D eigenvalue weighted by Gasteiger charge is -2.15. The molecule has 7 nitrogen and oxygen atoms in total. The molecule has 1 aromatic carbocycles. The van der Waals surface area contributed by atoms with Gasteiger partial charge in [-0.2, -0.15) is 0 Å². The van der Waals surface area contributed by atoms with E-state index in [4.69, 9.17) is 9.15 Å². The molecule has 4 rings (SSSR count). The molecule has 27 heavy (non-hydrogen) atoms. The molecular weight excluding hydrogens is 364 g/mol. The van der Waals surface area contributed by atoms with E-state index < -0.39 is 0 Å². The fourth-order valence-corrected chi connectivity index (χ4v) is 3.95. The summed E-state index contributed by atoms with van der Waals surface area (Å²) in [5, 5.41) is 9.25. The predicted octanol–water partition coefficient (Wildman–Crippen LogP) is 3.25. The van der Waals surface area contributed by atoms with E-state index in [2.05, 4.69) is 10.2 Å². The molecule has 1 fully saturated rings. The van der Waals surface area contributed by atoms with Crippen molar-refractivity contribution in [1.82, 2.24) is 19.7 Å². The average molecular weight is 384 g/mol. The number of amides is 1. The van der Waals surface area contributed by atoms with E-state index in [1.807, 2.05) is 45.9 Å². The zero-order valence-electron chi connectivity index (χ0n) is 15.0. The Kier molecular flexibility index (Phi) is 5.15. The van der Waals surface area contributed by atoms with E-state index in [-0.39, 0.29) is 5.91 Å². The molecule has 1 amide bonds. The molecule has 1 aliphatic heterocycles. The highest BCUT2D eigenvalue weighted by atomic mass is 32.2. The number of carbonyl (C=O) groups is 1. The van der Waals surface area contributed by atoms with Crippen LogP contribution in [0.15, 0.2) is 52.2 Å². The summed E-state index contributed by atoms with van der Waals surface area (Å²) < 4.78 is 12.8. The highest BCUT2D eigenvalue weighted by molar-refractivity contribution is 7.99. The first-order chi connectivity index (χ1) is 13.3. The molecule has 0 N–H and O–H groups in total. The number of carbonyl (C=O) groups excluding carboxylic acids is 1. The Bertz CT molecular complexity index is 917. The fourth-order valence-electron chi connectivity index (χ4n) is 3.10. The smallest absolute Gasteiger partial charge is 0.233 e. The summed E-state index contributed by atoms with van der Waals surface area (Å²) in [5.41, 5.74) is 0.849. The molecule has 0 unspecified atom stereocenters. The highest BCUT2D eigenvalue weighted by Gasteiger charge is 2.22. The lowest BCUT2D eigenvalue weighted by molar-refractivity contribution is -0.127. The molecule has 3 heterocycles. The molecule has 0 bridgehead atoms. The van der Waals surface area contributed by atoms with Gasteiger partial charge in [0.15, 0.2) is 10.9 Å². The van der Waals surface area contributed by atoms with Crippen molar-refractivity contribution in [3.05, 3.63) is 42.7 Å². The number of likely N-dealkylation sites (tertiary alicyclic amines) is 1. The van der Waals surface area contributed by atoms with Crippen LogP contribution in [0.5, 0.6) is 5.75 Å². The van der Waals surface area contributed by atoms with Crippen LogP contribution in [0.4, 0.5) is 0 Å². The summed E-state index contributed by atoms with van der Waals surface area (Å²) >= 11 is 1.38. The Morgan fingerprint density at radius 1 is 1.22 bits per heavy atom. The van der Waals surface area contributed by atoms with Crippen LogP contribution in [0, 0.1) is 0 Å². The molecule has 1 saturated heterocycles. The molecule has 3 aromatic rings. The Balaban J connectivity index is 1.65. The van der Waals surface area contributed by atoms with E-state index in [0.29, 0.717) is 22.5 Å². The molecule has 8 heteroatoms. The van der Waals surface area contributed by atoms with Crippen LogP contribution in [0.3, 0.4) is 0 Å². The van der Waals surface area contributed by atoms with Gasteiger partial charge in [0, 0.05) is 19.2 Å². The lowest BCUT2D eigenvalue weighted by Crippen LogP contribution is -2.29. The first-order valence-electron chi connectivity index (χ1n) is 8.80. The van der Waals surface area contributed by atoms with Crippen molar-refractivity contribution in [3.8, 4) is 23.0 Å². The summed E-state index contributed by atoms with van der Waals surface area (Å²) in [6, 6.07) is 11.3. The summed E-state index contributed by atoms with van der Waals surface area (Å²) in [6.45, 7) is 1.69. The summed E-state index contributed by atoms with van der Waals surface area (Å²) in [4.78, 5) is 14.3. The maximum Gasteiger partial charge on any atom is 0.233 e. The monoisotopic (exact) mass is 384 g/mol. The molecular formula is C19H20N4O3S. The third-order valence-corrected chi connectivity index (χ3v) is 5.38. The first-order valence-corrected chi connectivity index (χ1v) is 9.79. The van der Waals surface area contributed by atoms with Gasteiger partial charge < -0.3 is 14.1 Å². The number of hydrogen-bond acceptors (Lipinski definition) is 6. The topological polar surface area (TPSA) is 73.4 Å². The van der Waals surface area contributed by atoms with Crippen LogP contribution in [0.25, 0.3) is 17.3 Å². The minimum atomic E-state index is 0.136. The van der Waals surface area contributed by atoms with Gasteiger partial charge >= 0.3 is 0 Å². The van der Waals surface area contributed by atoms with Crippen molar-refractivity contribution in [2.24, 2.45) is 0 Å². The second kappa shape index (κ2) is 7.87. The van der Waals surface area contributed by atoms with Crippen molar-refractivity contribution in [2.75, 3.05) is 26.0 Å². The van der Waals surface area contributed by atoms with Crippen molar-refractivity contribution < 1.29 is 13.9 Å². The van der Waals surface area contributed by atoms with Crippen LogP contribution in [0.1, 0.15) is 12.8 Å². The summed E-state index contributed by atoms with van der Waals surface area (Å²) in [7, 11) is 1.63. The summed E-state index contributed by atoms with van der Waals surface area (Å²) in [5.74, 6) is 2.40. The number of hydrogen-bond donors (Lipinski definition) is 0. The van der Waals surface area contributed by atoms with Gasteiger partial charge in [-0.15, -0.1) is 10.2 Å². The SMILES string of the molecule is COc1cccc(-n2c(SCC(=O)N3CCCC3)nnc2-c2ccco2)c1. The van der Waals surface area contributed by atoms with Crippen LogP contribution in [-0.2, 0) is 4.79 Å². The minimum absolute atomic E-state index is 0.136. The fraction of sp³-hybridized carbons (Fsp3) is 0.316. The van der Waals surface area contributed by atoms with E-state index in [1.54, 1.807) is 13.4 Å².